The highest BCUT2D eigenvalue weighted by Gasteiger charge is 2.42. The third-order valence-electron chi connectivity index (χ3n) is 3.42. The Labute approximate surface area is 148 Å². The highest BCUT2D eigenvalue weighted by Crippen LogP contribution is 2.10. The van der Waals surface area contributed by atoms with Gasteiger partial charge in [-0.3, -0.25) is 14.4 Å². The monoisotopic (exact) mass is 360 g/mol. The Morgan fingerprint density at radius 3 is 2.54 bits per heavy atom. The normalized spacial score (nSPS) is 18.0. The van der Waals surface area contributed by atoms with Gasteiger partial charge in [0.1, 0.15) is 6.61 Å². The van der Waals surface area contributed by atoms with Crippen molar-refractivity contribution in [1.29, 1.82) is 0 Å². The number of hydrogen-bond donors (Lipinski definition) is 2. The summed E-state index contributed by atoms with van der Waals surface area (Å²) >= 11 is 0. The molecule has 1 saturated heterocycles. The first-order chi connectivity index (χ1) is 12.5. The van der Waals surface area contributed by atoms with Gasteiger partial charge >= 0.3 is 11.7 Å². The van der Waals surface area contributed by atoms with Crippen LogP contribution in [0.5, 0.6) is 0 Å². The number of nitrogens with zero attached hydrogens (tertiary/aromatic N) is 2. The average Bonchev–Trinajstić information content (AvgIpc) is 2.64. The topological polar surface area (TPSA) is 147 Å². The number of benzene rings is 1. The molecular formula is C16H16N4O6. The number of β-lactam (4-membered cyclic amide) rings is 1. The van der Waals surface area contributed by atoms with Crippen molar-refractivity contribution in [2.75, 3.05) is 13.2 Å². The lowest BCUT2D eigenvalue weighted by Gasteiger charge is -2.36. The summed E-state index contributed by atoms with van der Waals surface area (Å²) in [5.41, 5.74) is 8.30. The first kappa shape index (κ1) is 19.0. The van der Waals surface area contributed by atoms with Crippen molar-refractivity contribution in [3.8, 4) is 0 Å². The largest absolute Gasteiger partial charge is 0.457 e. The highest BCUT2D eigenvalue weighted by atomic mass is 16.5. The number of rotatable bonds is 8. The van der Waals surface area contributed by atoms with Crippen LogP contribution in [-0.4, -0.2) is 59.6 Å². The van der Waals surface area contributed by atoms with Gasteiger partial charge in [-0.2, -0.15) is 4.79 Å². The van der Waals surface area contributed by atoms with Crippen molar-refractivity contribution < 1.29 is 33.4 Å². The fourth-order valence-corrected chi connectivity index (χ4v) is 2.09. The zero-order valence-electron chi connectivity index (χ0n) is 13.8. The van der Waals surface area contributed by atoms with E-state index in [1.54, 1.807) is 30.3 Å². The Hall–Kier alpha value is -3.36. The lowest BCUT2D eigenvalue weighted by Crippen LogP contribution is -2.70. The summed E-state index contributed by atoms with van der Waals surface area (Å²) in [5.74, 6) is -2.97. The van der Waals surface area contributed by atoms with Gasteiger partial charge in [0.2, 0.25) is 5.91 Å². The Morgan fingerprint density at radius 2 is 1.96 bits per heavy atom. The maximum atomic E-state index is 12.1. The number of ketones is 1. The summed E-state index contributed by atoms with van der Waals surface area (Å²) in [6, 6.07) is 7.26. The molecular weight excluding hydrogens is 344 g/mol. The standard InChI is InChI=1S/C16H16N4O6/c1-2-25-16(24)11(20-17)10(21)8-26-15-12(14(23)19-15)18-13(22)9-6-4-3-5-7-9/h3-7,12,15H,2,8H2,1H3,(H,18,22)(H,19,23). The summed E-state index contributed by atoms with van der Waals surface area (Å²) < 4.78 is 9.74. The highest BCUT2D eigenvalue weighted by molar-refractivity contribution is 6.62. The first-order valence-corrected chi connectivity index (χ1v) is 7.68. The van der Waals surface area contributed by atoms with E-state index in [1.165, 1.54) is 6.92 Å². The van der Waals surface area contributed by atoms with E-state index in [4.69, 9.17) is 10.3 Å². The molecule has 0 spiro atoms. The van der Waals surface area contributed by atoms with E-state index in [0.717, 1.165) is 0 Å². The minimum atomic E-state index is -1.09. The van der Waals surface area contributed by atoms with E-state index in [2.05, 4.69) is 20.2 Å². The molecule has 2 atom stereocenters. The van der Waals surface area contributed by atoms with E-state index in [0.29, 0.717) is 5.56 Å². The molecule has 0 bridgehead atoms. The number of esters is 1. The molecule has 10 nitrogen and oxygen atoms in total. The average molecular weight is 360 g/mol. The second-order valence-electron chi connectivity index (χ2n) is 5.15. The molecule has 2 rings (SSSR count). The van der Waals surface area contributed by atoms with Gasteiger partial charge in [-0.05, 0) is 19.1 Å². The number of carbonyl (C=O) groups is 4. The van der Waals surface area contributed by atoms with Crippen LogP contribution in [0.3, 0.4) is 0 Å². The van der Waals surface area contributed by atoms with Gasteiger partial charge < -0.3 is 25.6 Å². The molecule has 136 valence electrons. The number of carbonyl (C=O) groups excluding carboxylic acids is 4. The zero-order chi connectivity index (χ0) is 19.1. The van der Waals surface area contributed by atoms with Crippen molar-refractivity contribution in [3.63, 3.8) is 0 Å². The molecule has 1 aliphatic heterocycles. The molecule has 10 heteroatoms. The molecule has 0 aromatic heterocycles. The summed E-state index contributed by atoms with van der Waals surface area (Å²) in [4.78, 5) is 49.6. The third-order valence-corrected chi connectivity index (χ3v) is 3.42. The van der Waals surface area contributed by atoms with Crippen LogP contribution in [-0.2, 0) is 23.9 Å². The fraction of sp³-hybridized carbons (Fsp3) is 0.312. The molecule has 1 aliphatic rings. The van der Waals surface area contributed by atoms with Gasteiger partial charge in [-0.15, -0.1) is 0 Å². The molecule has 0 radical (unpaired) electrons. The van der Waals surface area contributed by atoms with Gasteiger partial charge in [0, 0.05) is 5.56 Å². The molecule has 0 saturated carbocycles. The molecule has 2 unspecified atom stereocenters. The van der Waals surface area contributed by atoms with Crippen molar-refractivity contribution in [1.82, 2.24) is 10.6 Å². The van der Waals surface area contributed by atoms with Crippen LogP contribution in [0.2, 0.25) is 0 Å². The summed E-state index contributed by atoms with van der Waals surface area (Å²) in [7, 11) is 0. The molecule has 26 heavy (non-hydrogen) atoms. The number of amides is 2. The van der Waals surface area contributed by atoms with Crippen LogP contribution in [0.1, 0.15) is 17.3 Å². The lowest BCUT2D eigenvalue weighted by molar-refractivity contribution is -0.151. The second-order valence-corrected chi connectivity index (χ2v) is 5.15. The van der Waals surface area contributed by atoms with E-state index in [9.17, 15) is 19.2 Å². The fourth-order valence-electron chi connectivity index (χ4n) is 2.09. The minimum Gasteiger partial charge on any atom is -0.457 e. The number of Topliss-reactive ketones (excluding diaryl/α,β-unsaturated/α-hetero) is 1. The summed E-state index contributed by atoms with van der Waals surface area (Å²) in [6.45, 7) is 0.872. The van der Waals surface area contributed by atoms with Crippen LogP contribution < -0.4 is 10.6 Å². The maximum absolute atomic E-state index is 12.1. The molecule has 1 heterocycles. The van der Waals surface area contributed by atoms with Crippen LogP contribution in [0.15, 0.2) is 30.3 Å². The van der Waals surface area contributed by atoms with E-state index >= 15 is 0 Å². The van der Waals surface area contributed by atoms with E-state index in [-0.39, 0.29) is 6.61 Å². The van der Waals surface area contributed by atoms with Gasteiger partial charge in [0.05, 0.1) is 6.61 Å². The van der Waals surface area contributed by atoms with Crippen LogP contribution in [0.4, 0.5) is 0 Å². The van der Waals surface area contributed by atoms with Crippen molar-refractivity contribution in [2.45, 2.75) is 19.2 Å². The van der Waals surface area contributed by atoms with Crippen molar-refractivity contribution in [3.05, 3.63) is 41.4 Å². The van der Waals surface area contributed by atoms with Gasteiger partial charge in [-0.25, -0.2) is 4.79 Å². The third kappa shape index (κ3) is 4.38. The molecule has 1 aromatic rings. The predicted octanol–water partition coefficient (Wildman–Crippen LogP) is -0.939. The van der Waals surface area contributed by atoms with Crippen LogP contribution >= 0.6 is 0 Å². The van der Waals surface area contributed by atoms with Gasteiger partial charge in [0.15, 0.2) is 12.3 Å². The smallest absolute Gasteiger partial charge is 0.443 e. The molecule has 1 fully saturated rings. The van der Waals surface area contributed by atoms with Crippen LogP contribution in [0.25, 0.3) is 5.53 Å². The summed E-state index contributed by atoms with van der Waals surface area (Å²) in [6.07, 6.45) is -0.957. The van der Waals surface area contributed by atoms with E-state index in [1.807, 2.05) is 0 Å². The minimum absolute atomic E-state index is 0.00172. The van der Waals surface area contributed by atoms with E-state index < -0.39 is 48.2 Å². The van der Waals surface area contributed by atoms with Gasteiger partial charge in [-0.1, -0.05) is 18.2 Å². The number of ether oxygens (including phenoxy) is 2. The molecule has 1 aromatic carbocycles. The van der Waals surface area contributed by atoms with Crippen LogP contribution in [0, 0.1) is 0 Å². The first-order valence-electron chi connectivity index (χ1n) is 7.68. The SMILES string of the molecule is CCOC(=O)C(=[N+]=[N-])C(=O)COC1NC(=O)C1NC(=O)c1ccccc1. The second kappa shape index (κ2) is 8.65. The molecule has 2 amide bonds. The van der Waals surface area contributed by atoms with Gasteiger partial charge in [0.25, 0.3) is 11.7 Å². The van der Waals surface area contributed by atoms with Crippen molar-refractivity contribution in [2.24, 2.45) is 0 Å². The lowest BCUT2D eigenvalue weighted by atomic mass is 10.1. The quantitative estimate of drug-likeness (QED) is 0.153. The number of hydrogen-bond acceptors (Lipinski definition) is 6. The number of nitrogens with one attached hydrogen (secondary N) is 2. The maximum Gasteiger partial charge on any atom is 0.443 e. The Morgan fingerprint density at radius 1 is 1.27 bits per heavy atom. The summed E-state index contributed by atoms with van der Waals surface area (Å²) in [5, 5.41) is 4.85. The molecule has 2 N–H and O–H groups in total. The molecule has 0 aliphatic carbocycles. The van der Waals surface area contributed by atoms with Crippen molar-refractivity contribution >= 4 is 29.3 Å². The Bertz CT molecular complexity index is 772. The zero-order valence-corrected chi connectivity index (χ0v) is 13.8. The predicted molar refractivity (Wildman–Crippen MR) is 85.8 cm³/mol. The Kier molecular flexibility index (Phi) is 6.31. The Balaban J connectivity index is 1.90.